The summed E-state index contributed by atoms with van der Waals surface area (Å²) in [5, 5.41) is 7.94. The van der Waals surface area contributed by atoms with Gasteiger partial charge in [0.2, 0.25) is 11.8 Å². The van der Waals surface area contributed by atoms with Gasteiger partial charge in [-0.15, -0.1) is 0 Å². The Morgan fingerprint density at radius 3 is 2.55 bits per heavy atom. The fourth-order valence-corrected chi connectivity index (χ4v) is 3.22. The van der Waals surface area contributed by atoms with Gasteiger partial charge in [-0.2, -0.15) is 0 Å². The van der Waals surface area contributed by atoms with Crippen molar-refractivity contribution in [1.82, 2.24) is 16.0 Å². The number of nitrogens with one attached hydrogen (secondary N) is 3. The molecule has 1 fully saturated rings. The molecule has 8 heteroatoms. The molecule has 3 amide bonds. The van der Waals surface area contributed by atoms with Crippen LogP contribution in [0, 0.1) is 11.8 Å². The number of carbonyl (C=O) groups is 4. The highest BCUT2D eigenvalue weighted by Crippen LogP contribution is 2.16. The molecule has 0 aromatic heterocycles. The number of rotatable bonds is 10. The van der Waals surface area contributed by atoms with E-state index >= 15 is 0 Å². The van der Waals surface area contributed by atoms with Crippen molar-refractivity contribution in [2.24, 2.45) is 11.8 Å². The van der Waals surface area contributed by atoms with Crippen LogP contribution >= 0.6 is 0 Å². The Balaban J connectivity index is 1.90. The molecule has 0 bridgehead atoms. The summed E-state index contributed by atoms with van der Waals surface area (Å²) in [7, 11) is 0. The van der Waals surface area contributed by atoms with Crippen LogP contribution in [-0.4, -0.2) is 42.8 Å². The van der Waals surface area contributed by atoms with E-state index in [-0.39, 0.29) is 30.8 Å². The first-order chi connectivity index (χ1) is 13.9. The van der Waals surface area contributed by atoms with Crippen molar-refractivity contribution in [3.8, 4) is 0 Å². The van der Waals surface area contributed by atoms with Gasteiger partial charge in [0.15, 0.2) is 0 Å². The van der Waals surface area contributed by atoms with E-state index < -0.39 is 24.1 Å². The number of amides is 3. The van der Waals surface area contributed by atoms with Gasteiger partial charge in [0.1, 0.15) is 18.9 Å². The van der Waals surface area contributed by atoms with Gasteiger partial charge in [-0.1, -0.05) is 44.2 Å². The molecule has 1 unspecified atom stereocenters. The van der Waals surface area contributed by atoms with E-state index in [4.69, 9.17) is 4.74 Å². The first-order valence-corrected chi connectivity index (χ1v) is 9.89. The Morgan fingerprint density at radius 1 is 1.24 bits per heavy atom. The number of aldehydes is 1. The van der Waals surface area contributed by atoms with Crippen LogP contribution < -0.4 is 16.0 Å². The molecule has 0 spiro atoms. The maximum atomic E-state index is 12.7. The van der Waals surface area contributed by atoms with E-state index in [1.54, 1.807) is 0 Å². The van der Waals surface area contributed by atoms with E-state index in [0.717, 1.165) is 5.56 Å². The molecule has 1 saturated heterocycles. The van der Waals surface area contributed by atoms with E-state index in [2.05, 4.69) is 16.0 Å². The van der Waals surface area contributed by atoms with Crippen LogP contribution in [0.15, 0.2) is 30.3 Å². The van der Waals surface area contributed by atoms with Crippen molar-refractivity contribution in [2.75, 3.05) is 6.54 Å². The summed E-state index contributed by atoms with van der Waals surface area (Å²) >= 11 is 0. The average Bonchev–Trinajstić information content (AvgIpc) is 3.10. The van der Waals surface area contributed by atoms with Crippen molar-refractivity contribution < 1.29 is 23.9 Å². The van der Waals surface area contributed by atoms with Crippen molar-refractivity contribution in [2.45, 2.75) is 51.8 Å². The molecule has 1 aliphatic heterocycles. The topological polar surface area (TPSA) is 114 Å². The smallest absolute Gasteiger partial charge is 0.408 e. The predicted octanol–water partition coefficient (Wildman–Crippen LogP) is 1.54. The number of hydrogen-bond acceptors (Lipinski definition) is 5. The highest BCUT2D eigenvalue weighted by atomic mass is 16.5. The largest absolute Gasteiger partial charge is 0.445 e. The molecule has 1 aromatic rings. The molecule has 29 heavy (non-hydrogen) atoms. The normalized spacial score (nSPS) is 17.9. The van der Waals surface area contributed by atoms with E-state index in [1.165, 1.54) is 0 Å². The molecule has 0 aliphatic carbocycles. The second-order valence-corrected chi connectivity index (χ2v) is 7.65. The van der Waals surface area contributed by atoms with Gasteiger partial charge >= 0.3 is 6.09 Å². The van der Waals surface area contributed by atoms with Gasteiger partial charge in [-0.3, -0.25) is 9.59 Å². The van der Waals surface area contributed by atoms with E-state index in [0.29, 0.717) is 25.7 Å². The minimum absolute atomic E-state index is 0.0937. The van der Waals surface area contributed by atoms with Gasteiger partial charge in [0.25, 0.3) is 0 Å². The lowest BCUT2D eigenvalue weighted by atomic mass is 9.98. The van der Waals surface area contributed by atoms with Gasteiger partial charge in [-0.25, -0.2) is 4.79 Å². The molecular formula is C21H29N3O5. The third-order valence-corrected chi connectivity index (χ3v) is 4.72. The third-order valence-electron chi connectivity index (χ3n) is 4.72. The fraction of sp³-hybridized carbons (Fsp3) is 0.524. The summed E-state index contributed by atoms with van der Waals surface area (Å²) in [5.74, 6) is -0.730. The van der Waals surface area contributed by atoms with Crippen LogP contribution in [0.3, 0.4) is 0 Å². The zero-order chi connectivity index (χ0) is 21.2. The molecule has 8 nitrogen and oxygen atoms in total. The van der Waals surface area contributed by atoms with E-state index in [9.17, 15) is 19.2 Å². The van der Waals surface area contributed by atoms with Crippen LogP contribution in [0.25, 0.3) is 0 Å². The summed E-state index contributed by atoms with van der Waals surface area (Å²) in [6.45, 7) is 4.53. The van der Waals surface area contributed by atoms with Crippen molar-refractivity contribution in [3.05, 3.63) is 35.9 Å². The summed E-state index contributed by atoms with van der Waals surface area (Å²) in [4.78, 5) is 47.9. The van der Waals surface area contributed by atoms with Crippen LogP contribution in [0.5, 0.6) is 0 Å². The monoisotopic (exact) mass is 403 g/mol. The maximum absolute atomic E-state index is 12.7. The highest BCUT2D eigenvalue weighted by Gasteiger charge is 2.30. The van der Waals surface area contributed by atoms with Gasteiger partial charge < -0.3 is 25.5 Å². The molecule has 3 N–H and O–H groups in total. The fourth-order valence-electron chi connectivity index (χ4n) is 3.22. The second kappa shape index (κ2) is 11.2. The van der Waals surface area contributed by atoms with Gasteiger partial charge in [-0.05, 0) is 30.7 Å². The number of ether oxygens (including phenoxy) is 1. The van der Waals surface area contributed by atoms with Crippen LogP contribution in [0.2, 0.25) is 0 Å². The molecule has 0 radical (unpaired) electrons. The zero-order valence-electron chi connectivity index (χ0n) is 16.9. The predicted molar refractivity (Wildman–Crippen MR) is 107 cm³/mol. The first kappa shape index (κ1) is 22.4. The lowest BCUT2D eigenvalue weighted by molar-refractivity contribution is -0.127. The summed E-state index contributed by atoms with van der Waals surface area (Å²) in [6, 6.07) is 7.60. The molecule has 0 saturated carbocycles. The van der Waals surface area contributed by atoms with Crippen molar-refractivity contribution in [1.29, 1.82) is 0 Å². The average molecular weight is 403 g/mol. The molecule has 3 atom stereocenters. The Morgan fingerprint density at radius 2 is 1.97 bits per heavy atom. The molecule has 1 aliphatic rings. The maximum Gasteiger partial charge on any atom is 0.408 e. The highest BCUT2D eigenvalue weighted by molar-refractivity contribution is 5.88. The lowest BCUT2D eigenvalue weighted by Gasteiger charge is -2.23. The summed E-state index contributed by atoms with van der Waals surface area (Å²) in [6.07, 6.45) is 1.20. The molecule has 158 valence electrons. The first-order valence-electron chi connectivity index (χ1n) is 9.89. The number of carbonyl (C=O) groups excluding carboxylic acids is 4. The molecule has 1 aromatic carbocycles. The number of benzene rings is 1. The lowest BCUT2D eigenvalue weighted by Crippen LogP contribution is -2.51. The summed E-state index contributed by atoms with van der Waals surface area (Å²) < 4.78 is 5.19. The molecule has 1 heterocycles. The van der Waals surface area contributed by atoms with Crippen LogP contribution in [-0.2, 0) is 25.7 Å². The van der Waals surface area contributed by atoms with Gasteiger partial charge in [0, 0.05) is 12.5 Å². The van der Waals surface area contributed by atoms with Crippen LogP contribution in [0.1, 0.15) is 38.7 Å². The third kappa shape index (κ3) is 7.56. The Hall–Kier alpha value is -2.90. The molecule has 2 rings (SSSR count). The Labute approximate surface area is 170 Å². The van der Waals surface area contributed by atoms with Crippen LogP contribution in [0.4, 0.5) is 4.79 Å². The van der Waals surface area contributed by atoms with Crippen molar-refractivity contribution >= 4 is 24.2 Å². The minimum Gasteiger partial charge on any atom is -0.445 e. The number of alkyl carbamates (subject to hydrolysis) is 1. The zero-order valence-corrected chi connectivity index (χ0v) is 16.9. The second-order valence-electron chi connectivity index (χ2n) is 7.65. The SMILES string of the molecule is CC(C)C[C@H](NC(=O)OCc1ccccc1)C(=O)NC(C=O)C[C@@H]1CCNC1=O. The molecular weight excluding hydrogens is 374 g/mol. The Bertz CT molecular complexity index is 708. The van der Waals surface area contributed by atoms with Gasteiger partial charge in [0.05, 0.1) is 6.04 Å². The van der Waals surface area contributed by atoms with E-state index in [1.807, 2.05) is 44.2 Å². The van der Waals surface area contributed by atoms with Crippen molar-refractivity contribution in [3.63, 3.8) is 0 Å². The summed E-state index contributed by atoms with van der Waals surface area (Å²) in [5.41, 5.74) is 0.836. The number of hydrogen-bond donors (Lipinski definition) is 3. The minimum atomic E-state index is -0.835. The quantitative estimate of drug-likeness (QED) is 0.513. The Kier molecular flexibility index (Phi) is 8.64. The standard InChI is InChI=1S/C21H29N3O5/c1-14(2)10-18(24-21(28)29-13-15-6-4-3-5-7-15)20(27)23-17(12-25)11-16-8-9-22-19(16)26/h3-7,12,14,16-18H,8-11,13H2,1-2H3,(H,22,26)(H,23,27)(H,24,28)/t16-,17?,18-/m0/s1.